The first-order chi connectivity index (χ1) is 9.00. The Kier molecular flexibility index (Phi) is 4.88. The topological polar surface area (TPSA) is 20.3 Å². The van der Waals surface area contributed by atoms with Crippen molar-refractivity contribution in [2.24, 2.45) is 0 Å². The van der Waals surface area contributed by atoms with Gasteiger partial charge in [0.15, 0.2) is 5.78 Å². The van der Waals surface area contributed by atoms with E-state index in [1.165, 1.54) is 25.7 Å². The van der Waals surface area contributed by atoms with Crippen molar-refractivity contribution in [3.63, 3.8) is 0 Å². The van der Waals surface area contributed by atoms with E-state index >= 15 is 0 Å². The van der Waals surface area contributed by atoms with E-state index in [0.717, 1.165) is 0 Å². The molecule has 4 heteroatoms. The largest absolute Gasteiger partial charge is 0.294 e. The van der Waals surface area contributed by atoms with Crippen molar-refractivity contribution < 1.29 is 4.79 Å². The van der Waals surface area contributed by atoms with Crippen molar-refractivity contribution >= 4 is 29.0 Å². The van der Waals surface area contributed by atoms with Gasteiger partial charge < -0.3 is 0 Å². The highest BCUT2D eigenvalue weighted by Crippen LogP contribution is 2.27. The molecule has 1 atom stereocenters. The van der Waals surface area contributed by atoms with Crippen LogP contribution in [-0.4, -0.2) is 29.8 Å². The van der Waals surface area contributed by atoms with Crippen LogP contribution in [0.15, 0.2) is 18.2 Å². The van der Waals surface area contributed by atoms with E-state index in [9.17, 15) is 4.79 Å². The average molecular weight is 300 g/mol. The third-order valence-electron chi connectivity index (χ3n) is 4.09. The summed E-state index contributed by atoms with van der Waals surface area (Å²) in [5.41, 5.74) is 0.559. The second kappa shape index (κ2) is 6.25. The molecule has 0 heterocycles. The minimum atomic E-state index is -0.151. The Morgan fingerprint density at radius 1 is 1.32 bits per heavy atom. The Morgan fingerprint density at radius 2 is 1.95 bits per heavy atom. The number of carbonyl (C=O) groups excluding carboxylic acids is 1. The Balaban J connectivity index is 2.13. The molecule has 104 valence electrons. The van der Waals surface area contributed by atoms with Crippen LogP contribution in [0.25, 0.3) is 0 Å². The lowest BCUT2D eigenvalue weighted by atomic mass is 10.0. The van der Waals surface area contributed by atoms with Gasteiger partial charge in [0, 0.05) is 16.6 Å². The second-order valence-electron chi connectivity index (χ2n) is 5.27. The molecule has 1 aliphatic carbocycles. The van der Waals surface area contributed by atoms with Crippen LogP contribution in [0.5, 0.6) is 0 Å². The number of Topliss-reactive ketones (excluding diaryl/α,β-unsaturated/α-hetero) is 1. The third kappa shape index (κ3) is 3.31. The highest BCUT2D eigenvalue weighted by Gasteiger charge is 2.28. The first kappa shape index (κ1) is 14.8. The van der Waals surface area contributed by atoms with Crippen molar-refractivity contribution in [2.75, 3.05) is 7.05 Å². The highest BCUT2D eigenvalue weighted by atomic mass is 35.5. The molecular formula is C15H19Cl2NO. The molecule has 19 heavy (non-hydrogen) atoms. The molecule has 0 bridgehead atoms. The van der Waals surface area contributed by atoms with Gasteiger partial charge in [-0.15, -0.1) is 0 Å². The molecule has 0 amide bonds. The first-order valence-electron chi connectivity index (χ1n) is 6.72. The zero-order valence-electron chi connectivity index (χ0n) is 11.3. The van der Waals surface area contributed by atoms with E-state index in [0.29, 0.717) is 21.7 Å². The predicted octanol–water partition coefficient (Wildman–Crippen LogP) is 4.44. The van der Waals surface area contributed by atoms with Crippen molar-refractivity contribution in [2.45, 2.75) is 44.7 Å². The lowest BCUT2D eigenvalue weighted by molar-refractivity contribution is 0.0819. The predicted molar refractivity (Wildman–Crippen MR) is 80.3 cm³/mol. The molecule has 1 saturated carbocycles. The zero-order chi connectivity index (χ0) is 14.0. The zero-order valence-corrected chi connectivity index (χ0v) is 12.8. The third-order valence-corrected chi connectivity index (χ3v) is 4.64. The summed E-state index contributed by atoms with van der Waals surface area (Å²) in [6.07, 6.45) is 4.89. The van der Waals surface area contributed by atoms with Gasteiger partial charge in [-0.2, -0.15) is 0 Å². The summed E-state index contributed by atoms with van der Waals surface area (Å²) in [6.45, 7) is 1.95. The fourth-order valence-corrected chi connectivity index (χ4v) is 3.23. The van der Waals surface area contributed by atoms with E-state index in [-0.39, 0.29) is 11.8 Å². The van der Waals surface area contributed by atoms with Gasteiger partial charge in [-0.3, -0.25) is 9.69 Å². The van der Waals surface area contributed by atoms with Crippen LogP contribution in [0.2, 0.25) is 10.0 Å². The molecule has 0 radical (unpaired) electrons. The summed E-state index contributed by atoms with van der Waals surface area (Å²) < 4.78 is 0. The Labute approximate surface area is 124 Å². The maximum atomic E-state index is 12.5. The number of hydrogen-bond acceptors (Lipinski definition) is 2. The van der Waals surface area contributed by atoms with Crippen LogP contribution in [0.3, 0.4) is 0 Å². The number of ketones is 1. The van der Waals surface area contributed by atoms with Crippen LogP contribution in [0.1, 0.15) is 43.0 Å². The molecule has 1 fully saturated rings. The molecule has 2 rings (SSSR count). The highest BCUT2D eigenvalue weighted by molar-refractivity contribution is 6.37. The SMILES string of the molecule is CC(C(=O)c1ccc(Cl)cc1Cl)N(C)C1CCCC1. The molecule has 0 saturated heterocycles. The average Bonchev–Trinajstić information content (AvgIpc) is 2.90. The lowest BCUT2D eigenvalue weighted by Crippen LogP contribution is -2.41. The summed E-state index contributed by atoms with van der Waals surface area (Å²) >= 11 is 12.0. The lowest BCUT2D eigenvalue weighted by Gasteiger charge is -2.29. The fourth-order valence-electron chi connectivity index (χ4n) is 2.73. The van der Waals surface area contributed by atoms with Crippen molar-refractivity contribution in [1.82, 2.24) is 4.90 Å². The van der Waals surface area contributed by atoms with Gasteiger partial charge in [0.25, 0.3) is 0 Å². The Hall–Kier alpha value is -0.570. The van der Waals surface area contributed by atoms with Crippen LogP contribution in [-0.2, 0) is 0 Å². The molecule has 0 N–H and O–H groups in total. The molecule has 1 unspecified atom stereocenters. The molecule has 1 aliphatic rings. The molecule has 1 aromatic rings. The van der Waals surface area contributed by atoms with Crippen molar-refractivity contribution in [3.8, 4) is 0 Å². The number of rotatable bonds is 4. The maximum Gasteiger partial charge on any atom is 0.181 e. The first-order valence-corrected chi connectivity index (χ1v) is 7.47. The summed E-state index contributed by atoms with van der Waals surface area (Å²) in [5, 5.41) is 0.988. The number of likely N-dealkylation sites (N-methyl/N-ethyl adjacent to an activating group) is 1. The van der Waals surface area contributed by atoms with E-state index < -0.39 is 0 Å². The minimum Gasteiger partial charge on any atom is -0.294 e. The van der Waals surface area contributed by atoms with Crippen LogP contribution >= 0.6 is 23.2 Å². The summed E-state index contributed by atoms with van der Waals surface area (Å²) in [4.78, 5) is 14.7. The Bertz CT molecular complexity index is 469. The van der Waals surface area contributed by atoms with Crippen LogP contribution in [0, 0.1) is 0 Å². The molecule has 0 aromatic heterocycles. The van der Waals surface area contributed by atoms with E-state index in [1.807, 2.05) is 14.0 Å². The maximum absolute atomic E-state index is 12.5. The van der Waals surface area contributed by atoms with E-state index in [2.05, 4.69) is 4.90 Å². The number of hydrogen-bond donors (Lipinski definition) is 0. The second-order valence-corrected chi connectivity index (χ2v) is 6.11. The summed E-state index contributed by atoms with van der Waals surface area (Å²) in [7, 11) is 2.03. The minimum absolute atomic E-state index is 0.0658. The van der Waals surface area contributed by atoms with E-state index in [1.54, 1.807) is 18.2 Å². The molecular weight excluding hydrogens is 281 g/mol. The summed E-state index contributed by atoms with van der Waals surface area (Å²) in [5.74, 6) is 0.0658. The van der Waals surface area contributed by atoms with Crippen LogP contribution in [0.4, 0.5) is 0 Å². The quantitative estimate of drug-likeness (QED) is 0.766. The molecule has 1 aromatic carbocycles. The van der Waals surface area contributed by atoms with Crippen molar-refractivity contribution in [1.29, 1.82) is 0 Å². The van der Waals surface area contributed by atoms with Crippen molar-refractivity contribution in [3.05, 3.63) is 33.8 Å². The standard InChI is InChI=1S/C15H19Cl2NO/c1-10(18(2)12-5-3-4-6-12)15(19)13-8-7-11(16)9-14(13)17/h7-10,12H,3-6H2,1-2H3. The number of nitrogens with zero attached hydrogens (tertiary/aromatic N) is 1. The molecule has 2 nitrogen and oxygen atoms in total. The number of halogens is 2. The molecule has 0 aliphatic heterocycles. The van der Waals surface area contributed by atoms with Gasteiger partial charge in [0.2, 0.25) is 0 Å². The normalized spacial score (nSPS) is 17.9. The van der Waals surface area contributed by atoms with Gasteiger partial charge in [-0.1, -0.05) is 36.0 Å². The van der Waals surface area contributed by atoms with Gasteiger partial charge in [0.05, 0.1) is 11.1 Å². The fraction of sp³-hybridized carbons (Fsp3) is 0.533. The number of carbonyl (C=O) groups is 1. The van der Waals surface area contributed by atoms with E-state index in [4.69, 9.17) is 23.2 Å². The van der Waals surface area contributed by atoms with Gasteiger partial charge in [-0.05, 0) is 45.0 Å². The van der Waals surface area contributed by atoms with Gasteiger partial charge >= 0.3 is 0 Å². The monoisotopic (exact) mass is 299 g/mol. The Morgan fingerprint density at radius 3 is 2.53 bits per heavy atom. The van der Waals surface area contributed by atoms with Crippen LogP contribution < -0.4 is 0 Å². The van der Waals surface area contributed by atoms with Gasteiger partial charge in [-0.25, -0.2) is 0 Å². The smallest absolute Gasteiger partial charge is 0.181 e. The summed E-state index contributed by atoms with van der Waals surface area (Å²) in [6, 6.07) is 5.42. The number of benzene rings is 1. The molecule has 0 spiro atoms. The van der Waals surface area contributed by atoms with Gasteiger partial charge in [0.1, 0.15) is 0 Å².